The topological polar surface area (TPSA) is 85.9 Å². The van der Waals surface area contributed by atoms with E-state index in [4.69, 9.17) is 14.2 Å². The lowest BCUT2D eigenvalue weighted by Gasteiger charge is -2.12. The minimum absolute atomic E-state index is 0.257. The zero-order valence-corrected chi connectivity index (χ0v) is 20.5. The van der Waals surface area contributed by atoms with Crippen LogP contribution in [0, 0.1) is 0 Å². The number of anilines is 2. The average Bonchev–Trinajstić information content (AvgIpc) is 2.88. The minimum Gasteiger partial charge on any atom is -0.465 e. The first-order valence-electron chi connectivity index (χ1n) is 12.2. The van der Waals surface area contributed by atoms with Crippen LogP contribution in [-0.2, 0) is 0 Å². The van der Waals surface area contributed by atoms with Crippen LogP contribution < -0.4 is 24.8 Å². The highest BCUT2D eigenvalue weighted by Gasteiger charge is 2.11. The number of ether oxygens (including phenoxy) is 3. The Balaban J connectivity index is 1.62. The van der Waals surface area contributed by atoms with E-state index in [0.717, 1.165) is 32.1 Å². The quantitative estimate of drug-likeness (QED) is 0.181. The molecule has 0 fully saturated rings. The van der Waals surface area contributed by atoms with Gasteiger partial charge in [0.25, 0.3) is 0 Å². The predicted molar refractivity (Wildman–Crippen MR) is 142 cm³/mol. The SMILES string of the molecule is O=C(Nc1cc(NC(=O)Oc2ccccc2)cc(OC=CCCCCCCCF)c1)Oc1ccccc1. The Labute approximate surface area is 216 Å². The second kappa shape index (κ2) is 15.6. The molecule has 2 N–H and O–H groups in total. The van der Waals surface area contributed by atoms with Crippen LogP contribution in [0.25, 0.3) is 0 Å². The fourth-order valence-corrected chi connectivity index (χ4v) is 3.37. The van der Waals surface area contributed by atoms with E-state index in [0.29, 0.717) is 35.0 Å². The first kappa shape index (κ1) is 27.3. The molecular weight excluding hydrogens is 475 g/mol. The Bertz CT molecular complexity index is 1070. The van der Waals surface area contributed by atoms with Crippen molar-refractivity contribution in [2.75, 3.05) is 17.3 Å². The molecule has 7 nitrogen and oxygen atoms in total. The second-order valence-corrected chi connectivity index (χ2v) is 8.14. The van der Waals surface area contributed by atoms with Gasteiger partial charge < -0.3 is 14.2 Å². The largest absolute Gasteiger partial charge is 0.465 e. The molecule has 0 aliphatic heterocycles. The summed E-state index contributed by atoms with van der Waals surface area (Å²) < 4.78 is 28.4. The third-order valence-corrected chi connectivity index (χ3v) is 5.11. The van der Waals surface area contributed by atoms with Crippen LogP contribution in [0.4, 0.5) is 25.4 Å². The zero-order chi connectivity index (χ0) is 26.1. The van der Waals surface area contributed by atoms with Gasteiger partial charge in [-0.05, 0) is 55.7 Å². The fourth-order valence-electron chi connectivity index (χ4n) is 3.37. The monoisotopic (exact) mass is 506 g/mol. The van der Waals surface area contributed by atoms with Crippen LogP contribution in [0.3, 0.4) is 0 Å². The molecule has 3 aromatic carbocycles. The fraction of sp³-hybridized carbons (Fsp3) is 0.241. The van der Waals surface area contributed by atoms with Crippen LogP contribution in [0.2, 0.25) is 0 Å². The molecule has 0 aliphatic carbocycles. The maximum absolute atomic E-state index is 12.4. The molecule has 0 saturated heterocycles. The van der Waals surface area contributed by atoms with Gasteiger partial charge in [-0.15, -0.1) is 0 Å². The maximum atomic E-state index is 12.4. The molecule has 0 aromatic heterocycles. The smallest absolute Gasteiger partial charge is 0.417 e. The Morgan fingerprint density at radius 3 is 1.73 bits per heavy atom. The number of hydrogen-bond acceptors (Lipinski definition) is 5. The van der Waals surface area contributed by atoms with Crippen molar-refractivity contribution in [1.82, 2.24) is 0 Å². The maximum Gasteiger partial charge on any atom is 0.417 e. The number of rotatable bonds is 13. The van der Waals surface area contributed by atoms with E-state index in [9.17, 15) is 14.0 Å². The van der Waals surface area contributed by atoms with Crippen LogP contribution >= 0.6 is 0 Å². The van der Waals surface area contributed by atoms with E-state index in [-0.39, 0.29) is 6.67 Å². The molecule has 0 radical (unpaired) electrons. The summed E-state index contributed by atoms with van der Waals surface area (Å²) in [6.45, 7) is -0.257. The van der Waals surface area contributed by atoms with E-state index in [1.165, 1.54) is 0 Å². The number of para-hydroxylation sites is 2. The van der Waals surface area contributed by atoms with Gasteiger partial charge >= 0.3 is 12.2 Å². The van der Waals surface area contributed by atoms with Crippen molar-refractivity contribution in [3.63, 3.8) is 0 Å². The summed E-state index contributed by atoms with van der Waals surface area (Å²) in [5, 5.41) is 5.29. The van der Waals surface area contributed by atoms with Crippen molar-refractivity contribution >= 4 is 23.6 Å². The van der Waals surface area contributed by atoms with Crippen molar-refractivity contribution in [1.29, 1.82) is 0 Å². The van der Waals surface area contributed by atoms with Crippen LogP contribution in [0.15, 0.2) is 91.2 Å². The van der Waals surface area contributed by atoms with Crippen molar-refractivity contribution < 1.29 is 28.2 Å². The number of amides is 2. The molecule has 3 aromatic rings. The van der Waals surface area contributed by atoms with Crippen molar-refractivity contribution in [3.8, 4) is 17.2 Å². The van der Waals surface area contributed by atoms with Crippen LogP contribution in [0.1, 0.15) is 38.5 Å². The highest BCUT2D eigenvalue weighted by molar-refractivity contribution is 5.90. The number of hydrogen-bond donors (Lipinski definition) is 2. The third kappa shape index (κ3) is 10.9. The summed E-state index contributed by atoms with van der Waals surface area (Å²) in [6, 6.07) is 22.1. The standard InChI is InChI=1S/C29H31FN2O5/c30-18-12-4-2-1-3-5-13-19-35-27-21-23(31-28(33)36-25-14-8-6-9-15-25)20-24(22-27)32-29(34)37-26-16-10-7-11-17-26/h6-11,13-17,19-22H,1-5,12,18H2,(H,31,33)(H,32,34). The Hall–Kier alpha value is -4.33. The highest BCUT2D eigenvalue weighted by Crippen LogP contribution is 2.26. The summed E-state index contributed by atoms with van der Waals surface area (Å²) in [7, 11) is 0. The van der Waals surface area contributed by atoms with Gasteiger partial charge in [0.15, 0.2) is 0 Å². The van der Waals surface area contributed by atoms with Gasteiger partial charge in [0.1, 0.15) is 17.2 Å². The molecular formula is C29H31FN2O5. The minimum atomic E-state index is -0.690. The lowest BCUT2D eigenvalue weighted by atomic mass is 10.1. The van der Waals surface area contributed by atoms with Crippen LogP contribution in [0.5, 0.6) is 17.2 Å². The van der Waals surface area contributed by atoms with E-state index in [1.807, 2.05) is 18.2 Å². The van der Waals surface area contributed by atoms with E-state index < -0.39 is 12.2 Å². The molecule has 3 rings (SSSR count). The summed E-state index contributed by atoms with van der Waals surface area (Å²) in [5.41, 5.74) is 0.712. The number of alkyl halides is 1. The normalized spacial score (nSPS) is 10.6. The average molecular weight is 507 g/mol. The zero-order valence-electron chi connectivity index (χ0n) is 20.5. The number of carbonyl (C=O) groups excluding carboxylic acids is 2. The van der Waals surface area contributed by atoms with Gasteiger partial charge in [0.05, 0.1) is 12.9 Å². The lowest BCUT2D eigenvalue weighted by Crippen LogP contribution is -2.18. The molecule has 0 saturated carbocycles. The molecule has 37 heavy (non-hydrogen) atoms. The number of halogens is 1. The lowest BCUT2D eigenvalue weighted by molar-refractivity contribution is 0.214. The summed E-state index contributed by atoms with van der Waals surface area (Å²) >= 11 is 0. The molecule has 0 bridgehead atoms. The van der Waals surface area contributed by atoms with Crippen LogP contribution in [-0.4, -0.2) is 18.9 Å². The van der Waals surface area contributed by atoms with Crippen molar-refractivity contribution in [2.45, 2.75) is 38.5 Å². The van der Waals surface area contributed by atoms with E-state index >= 15 is 0 Å². The number of unbranched alkanes of at least 4 members (excludes halogenated alkanes) is 5. The molecule has 194 valence electrons. The first-order chi connectivity index (χ1) is 18.1. The molecule has 0 aliphatic rings. The molecule has 0 unspecified atom stereocenters. The predicted octanol–water partition coefficient (Wildman–Crippen LogP) is 8.11. The van der Waals surface area contributed by atoms with Gasteiger partial charge in [-0.1, -0.05) is 55.7 Å². The molecule has 8 heteroatoms. The summed E-state index contributed by atoms with van der Waals surface area (Å²) in [6.07, 6.45) is 7.47. The number of nitrogens with one attached hydrogen (secondary N) is 2. The molecule has 0 spiro atoms. The van der Waals surface area contributed by atoms with Gasteiger partial charge in [-0.3, -0.25) is 15.0 Å². The second-order valence-electron chi connectivity index (χ2n) is 8.14. The summed E-state index contributed by atoms with van der Waals surface area (Å²) in [4.78, 5) is 24.7. The first-order valence-corrected chi connectivity index (χ1v) is 12.2. The Kier molecular flexibility index (Phi) is 11.5. The van der Waals surface area contributed by atoms with Gasteiger partial charge in [-0.25, -0.2) is 9.59 Å². The number of allylic oxidation sites excluding steroid dienone is 1. The highest BCUT2D eigenvalue weighted by atomic mass is 19.1. The Morgan fingerprint density at radius 2 is 1.19 bits per heavy atom. The van der Waals surface area contributed by atoms with Crippen molar-refractivity contribution in [3.05, 3.63) is 91.2 Å². The Morgan fingerprint density at radius 1 is 0.676 bits per heavy atom. The molecule has 0 heterocycles. The number of benzene rings is 3. The van der Waals surface area contributed by atoms with Gasteiger partial charge in [-0.2, -0.15) is 0 Å². The van der Waals surface area contributed by atoms with E-state index in [2.05, 4.69) is 10.6 Å². The number of carbonyl (C=O) groups is 2. The molecule has 0 atom stereocenters. The van der Waals surface area contributed by atoms with Crippen molar-refractivity contribution in [2.24, 2.45) is 0 Å². The third-order valence-electron chi connectivity index (χ3n) is 5.11. The van der Waals surface area contributed by atoms with E-state index in [1.54, 1.807) is 73.0 Å². The molecule has 2 amide bonds. The van der Waals surface area contributed by atoms with Gasteiger partial charge in [0, 0.05) is 23.5 Å². The summed E-state index contributed by atoms with van der Waals surface area (Å²) in [5.74, 6) is 1.18. The van der Waals surface area contributed by atoms with Gasteiger partial charge in [0.2, 0.25) is 0 Å².